The average molecular weight is 250 g/mol. The number of benzene rings is 2. The number of rotatable bonds is 3. The van der Waals surface area contributed by atoms with E-state index in [2.05, 4.69) is 24.3 Å². The van der Waals surface area contributed by atoms with Gasteiger partial charge in [-0.25, -0.2) is 0 Å². The van der Waals surface area contributed by atoms with Crippen LogP contribution < -0.4 is 0 Å². The van der Waals surface area contributed by atoms with E-state index in [0.717, 1.165) is 11.1 Å². The molecule has 0 aliphatic heterocycles. The molecule has 3 rings (SSSR count). The monoisotopic (exact) mass is 250 g/mol. The third-order valence-electron chi connectivity index (χ3n) is 3.94. The first-order chi connectivity index (χ1) is 9.28. The zero-order chi connectivity index (χ0) is 13.2. The van der Waals surface area contributed by atoms with E-state index < -0.39 is 0 Å². The van der Waals surface area contributed by atoms with Crippen LogP contribution in [0.4, 0.5) is 0 Å². The van der Waals surface area contributed by atoms with Crippen molar-refractivity contribution in [1.29, 1.82) is 0 Å². The Morgan fingerprint density at radius 3 is 2.63 bits per heavy atom. The molecule has 0 aromatic heterocycles. The van der Waals surface area contributed by atoms with Crippen LogP contribution in [0, 0.1) is 0 Å². The molecule has 0 N–H and O–H groups in total. The molecule has 1 heteroatoms. The van der Waals surface area contributed by atoms with Crippen molar-refractivity contribution < 1.29 is 4.79 Å². The molecule has 2 aromatic rings. The summed E-state index contributed by atoms with van der Waals surface area (Å²) in [5.74, 6) is 0.211. The first-order valence-electron chi connectivity index (χ1n) is 7.03. The molecule has 96 valence electrons. The van der Waals surface area contributed by atoms with Gasteiger partial charge in [-0.15, -0.1) is 0 Å². The summed E-state index contributed by atoms with van der Waals surface area (Å²) in [5.41, 5.74) is 6.16. The molecule has 1 nitrogen and oxygen atoms in total. The molecule has 0 amide bonds. The molecule has 19 heavy (non-hydrogen) atoms. The summed E-state index contributed by atoms with van der Waals surface area (Å²) in [4.78, 5) is 11.8. The molecule has 1 aliphatic rings. The Morgan fingerprint density at radius 1 is 1.00 bits per heavy atom. The summed E-state index contributed by atoms with van der Waals surface area (Å²) in [5, 5.41) is 0. The van der Waals surface area contributed by atoms with Crippen LogP contribution in [0.1, 0.15) is 41.3 Å². The first-order valence-corrected chi connectivity index (χ1v) is 7.03. The summed E-state index contributed by atoms with van der Waals surface area (Å²) in [6.07, 6.45) is 4.24. The summed E-state index contributed by atoms with van der Waals surface area (Å²) in [6.45, 7) is 1.91. The molecule has 1 aliphatic carbocycles. The van der Waals surface area contributed by atoms with Crippen LogP contribution in [-0.2, 0) is 12.8 Å². The fourth-order valence-electron chi connectivity index (χ4n) is 2.83. The van der Waals surface area contributed by atoms with Crippen molar-refractivity contribution in [3.63, 3.8) is 0 Å². The Kier molecular flexibility index (Phi) is 3.20. The van der Waals surface area contributed by atoms with Gasteiger partial charge in [0.1, 0.15) is 0 Å². The molecule has 0 radical (unpaired) electrons. The molecule has 0 unspecified atom stereocenters. The van der Waals surface area contributed by atoms with Crippen molar-refractivity contribution in [2.24, 2.45) is 0 Å². The number of hydrogen-bond acceptors (Lipinski definition) is 1. The molecule has 0 bridgehead atoms. The Bertz CT molecular complexity index is 625. The van der Waals surface area contributed by atoms with Gasteiger partial charge >= 0.3 is 0 Å². The smallest absolute Gasteiger partial charge is 0.162 e. The van der Waals surface area contributed by atoms with E-state index in [-0.39, 0.29) is 5.78 Å². The summed E-state index contributed by atoms with van der Waals surface area (Å²) in [7, 11) is 0. The van der Waals surface area contributed by atoms with Crippen molar-refractivity contribution in [2.75, 3.05) is 0 Å². The third kappa shape index (κ3) is 2.33. The molecule has 0 saturated carbocycles. The highest BCUT2D eigenvalue weighted by Crippen LogP contribution is 2.28. The lowest BCUT2D eigenvalue weighted by atomic mass is 9.98. The summed E-state index contributed by atoms with van der Waals surface area (Å²) in [6, 6.07) is 14.7. The Balaban J connectivity index is 2.00. The van der Waals surface area contributed by atoms with Crippen LogP contribution >= 0.6 is 0 Å². The van der Waals surface area contributed by atoms with Crippen LogP contribution in [0.3, 0.4) is 0 Å². The molecule has 0 atom stereocenters. The largest absolute Gasteiger partial charge is 0.294 e. The number of aryl methyl sites for hydroxylation is 2. The van der Waals surface area contributed by atoms with Gasteiger partial charge in [0.05, 0.1) is 0 Å². The first kappa shape index (κ1) is 12.2. The zero-order valence-electron chi connectivity index (χ0n) is 11.3. The van der Waals surface area contributed by atoms with Crippen molar-refractivity contribution in [1.82, 2.24) is 0 Å². The fourth-order valence-corrected chi connectivity index (χ4v) is 2.83. The quantitative estimate of drug-likeness (QED) is 0.736. The number of fused-ring (bicyclic) bond motifs is 1. The lowest BCUT2D eigenvalue weighted by molar-refractivity contribution is 0.0988. The summed E-state index contributed by atoms with van der Waals surface area (Å²) < 4.78 is 0. The fraction of sp³-hybridized carbons (Fsp3) is 0.278. The van der Waals surface area contributed by atoms with E-state index in [1.54, 1.807) is 0 Å². The van der Waals surface area contributed by atoms with Crippen LogP contribution in [0.25, 0.3) is 11.1 Å². The molecule has 0 heterocycles. The van der Waals surface area contributed by atoms with Crippen molar-refractivity contribution >= 4 is 5.78 Å². The highest BCUT2D eigenvalue weighted by molar-refractivity contribution is 5.97. The predicted molar refractivity (Wildman–Crippen MR) is 78.5 cm³/mol. The molecule has 0 fully saturated rings. The Hall–Kier alpha value is -1.89. The van der Waals surface area contributed by atoms with E-state index in [9.17, 15) is 4.79 Å². The van der Waals surface area contributed by atoms with Crippen molar-refractivity contribution in [3.8, 4) is 11.1 Å². The second-order valence-corrected chi connectivity index (χ2v) is 5.19. The van der Waals surface area contributed by atoms with Crippen LogP contribution in [0.15, 0.2) is 42.5 Å². The maximum Gasteiger partial charge on any atom is 0.162 e. The molecular formula is C18H18O. The SMILES string of the molecule is CCC(=O)c1cccc(-c2ccc3c(c2)CCC3)c1. The number of Topliss-reactive ketones (excluding diaryl/α,β-unsaturated/α-hetero) is 1. The normalized spacial score (nSPS) is 13.3. The van der Waals surface area contributed by atoms with Crippen molar-refractivity contribution in [3.05, 3.63) is 59.2 Å². The minimum absolute atomic E-state index is 0.211. The molecule has 2 aromatic carbocycles. The second kappa shape index (κ2) is 5.00. The van der Waals surface area contributed by atoms with Gasteiger partial charge in [-0.2, -0.15) is 0 Å². The highest BCUT2D eigenvalue weighted by atomic mass is 16.1. The van der Waals surface area contributed by atoms with Crippen LogP contribution in [0.5, 0.6) is 0 Å². The Labute approximate surface area is 114 Å². The van der Waals surface area contributed by atoms with E-state index in [1.807, 2.05) is 25.1 Å². The van der Waals surface area contributed by atoms with Gasteiger partial charge < -0.3 is 0 Å². The van der Waals surface area contributed by atoms with E-state index in [4.69, 9.17) is 0 Å². The minimum atomic E-state index is 0.211. The van der Waals surface area contributed by atoms with E-state index >= 15 is 0 Å². The van der Waals surface area contributed by atoms with Gasteiger partial charge in [-0.1, -0.05) is 43.3 Å². The topological polar surface area (TPSA) is 17.1 Å². The van der Waals surface area contributed by atoms with E-state index in [0.29, 0.717) is 6.42 Å². The number of ketones is 1. The molecule has 0 saturated heterocycles. The minimum Gasteiger partial charge on any atom is -0.294 e. The summed E-state index contributed by atoms with van der Waals surface area (Å²) >= 11 is 0. The highest BCUT2D eigenvalue weighted by Gasteiger charge is 2.12. The number of hydrogen-bond donors (Lipinski definition) is 0. The van der Waals surface area contributed by atoms with Gasteiger partial charge in [0.25, 0.3) is 0 Å². The number of carbonyl (C=O) groups is 1. The van der Waals surface area contributed by atoms with Gasteiger partial charge in [-0.3, -0.25) is 4.79 Å². The van der Waals surface area contributed by atoms with Gasteiger partial charge in [0.15, 0.2) is 5.78 Å². The van der Waals surface area contributed by atoms with Crippen LogP contribution in [0.2, 0.25) is 0 Å². The zero-order valence-corrected chi connectivity index (χ0v) is 11.3. The number of carbonyl (C=O) groups excluding carboxylic acids is 1. The lowest BCUT2D eigenvalue weighted by Gasteiger charge is -2.07. The standard InChI is InChI=1S/C18H18O/c1-2-18(19)17-8-4-7-15(12-17)16-10-9-13-5-3-6-14(13)11-16/h4,7-12H,2-3,5-6H2,1H3. The van der Waals surface area contributed by atoms with Crippen LogP contribution in [-0.4, -0.2) is 5.78 Å². The van der Waals surface area contributed by atoms with Gasteiger partial charge in [0.2, 0.25) is 0 Å². The van der Waals surface area contributed by atoms with E-state index in [1.165, 1.54) is 36.0 Å². The van der Waals surface area contributed by atoms with Crippen molar-refractivity contribution in [2.45, 2.75) is 32.6 Å². The maximum absolute atomic E-state index is 11.8. The van der Waals surface area contributed by atoms with Gasteiger partial charge in [-0.05, 0) is 47.6 Å². The average Bonchev–Trinajstić information content (AvgIpc) is 2.94. The Morgan fingerprint density at radius 2 is 1.79 bits per heavy atom. The van der Waals surface area contributed by atoms with Gasteiger partial charge in [0, 0.05) is 12.0 Å². The maximum atomic E-state index is 11.8. The second-order valence-electron chi connectivity index (χ2n) is 5.19. The molecular weight excluding hydrogens is 232 g/mol. The lowest BCUT2D eigenvalue weighted by Crippen LogP contribution is -1.96. The molecule has 0 spiro atoms. The predicted octanol–water partition coefficient (Wildman–Crippen LogP) is 4.44. The third-order valence-corrected chi connectivity index (χ3v) is 3.94.